The van der Waals surface area contributed by atoms with Gasteiger partial charge in [0, 0.05) is 12.5 Å². The van der Waals surface area contributed by atoms with Crippen molar-refractivity contribution in [2.45, 2.75) is 33.1 Å². The number of benzene rings is 2. The molecule has 2 aromatic carbocycles. The van der Waals surface area contributed by atoms with E-state index in [1.165, 1.54) is 28.3 Å². The molecular formula is C23H21N3O3S. The maximum atomic E-state index is 12.8. The predicted molar refractivity (Wildman–Crippen MR) is 118 cm³/mol. The van der Waals surface area contributed by atoms with Crippen LogP contribution < -0.4 is 14.8 Å². The summed E-state index contributed by atoms with van der Waals surface area (Å²) in [4.78, 5) is 29.0. The van der Waals surface area contributed by atoms with Gasteiger partial charge in [0.2, 0.25) is 4.96 Å². The van der Waals surface area contributed by atoms with Crippen molar-refractivity contribution in [3.63, 3.8) is 0 Å². The molecule has 30 heavy (non-hydrogen) atoms. The molecule has 0 radical (unpaired) electrons. The number of ether oxygens (including phenoxy) is 1. The first kappa shape index (κ1) is 20.0. The molecule has 0 unspecified atom stereocenters. The maximum Gasteiger partial charge on any atom is 0.308 e. The Balaban J connectivity index is 1.69. The summed E-state index contributed by atoms with van der Waals surface area (Å²) in [6.45, 7) is 7.84. The third kappa shape index (κ3) is 4.02. The molecule has 4 rings (SSSR count). The van der Waals surface area contributed by atoms with Gasteiger partial charge in [0.1, 0.15) is 5.75 Å². The van der Waals surface area contributed by atoms with Crippen molar-refractivity contribution in [3.8, 4) is 17.1 Å². The van der Waals surface area contributed by atoms with Crippen LogP contribution in [0.5, 0.6) is 5.75 Å². The molecule has 0 bridgehead atoms. The number of esters is 1. The van der Waals surface area contributed by atoms with E-state index in [1.54, 1.807) is 24.3 Å². The first-order chi connectivity index (χ1) is 14.2. The molecule has 0 aliphatic carbocycles. The van der Waals surface area contributed by atoms with E-state index < -0.39 is 5.97 Å². The lowest BCUT2D eigenvalue weighted by Crippen LogP contribution is -2.23. The number of hydrogen-bond acceptors (Lipinski definition) is 6. The van der Waals surface area contributed by atoms with E-state index in [0.29, 0.717) is 21.1 Å². The standard InChI is InChI=1S/C23H21N3O3S/c1-14(27)29-18-7-5-6-15(12-18)13-19-21(28)26-22(30-19)24-20(25-26)16-8-10-17(11-9-16)23(2,3)4/h5-13H,1-4H3. The fraction of sp³-hybridized carbons (Fsp3) is 0.217. The van der Waals surface area contributed by atoms with Crippen LogP contribution in [-0.4, -0.2) is 20.6 Å². The van der Waals surface area contributed by atoms with Crippen LogP contribution in [0.3, 0.4) is 0 Å². The number of hydrogen-bond donors (Lipinski definition) is 0. The second-order valence-electron chi connectivity index (χ2n) is 8.04. The van der Waals surface area contributed by atoms with Crippen molar-refractivity contribution in [1.82, 2.24) is 14.6 Å². The number of aromatic nitrogens is 3. The molecule has 0 saturated heterocycles. The van der Waals surface area contributed by atoms with Gasteiger partial charge in [0.05, 0.1) is 4.53 Å². The largest absolute Gasteiger partial charge is 0.427 e. The first-order valence-corrected chi connectivity index (χ1v) is 10.3. The number of carbonyl (C=O) groups excluding carboxylic acids is 1. The van der Waals surface area contributed by atoms with Crippen LogP contribution in [0.2, 0.25) is 0 Å². The normalized spacial score (nSPS) is 12.5. The Morgan fingerprint density at radius 1 is 1.13 bits per heavy atom. The topological polar surface area (TPSA) is 73.6 Å². The van der Waals surface area contributed by atoms with Crippen LogP contribution in [0, 0.1) is 0 Å². The van der Waals surface area contributed by atoms with Crippen molar-refractivity contribution in [1.29, 1.82) is 0 Å². The number of fused-ring (bicyclic) bond motifs is 1. The second-order valence-corrected chi connectivity index (χ2v) is 9.05. The molecule has 2 aromatic heterocycles. The van der Waals surface area contributed by atoms with Gasteiger partial charge in [-0.2, -0.15) is 9.50 Å². The fourth-order valence-corrected chi connectivity index (χ4v) is 3.97. The lowest BCUT2D eigenvalue weighted by Gasteiger charge is -2.18. The zero-order chi connectivity index (χ0) is 21.5. The van der Waals surface area contributed by atoms with Gasteiger partial charge < -0.3 is 4.74 Å². The van der Waals surface area contributed by atoms with Gasteiger partial charge in [-0.1, -0.05) is 68.5 Å². The first-order valence-electron chi connectivity index (χ1n) is 9.51. The minimum atomic E-state index is -0.390. The molecule has 0 fully saturated rings. The summed E-state index contributed by atoms with van der Waals surface area (Å²) < 4.78 is 6.94. The van der Waals surface area contributed by atoms with E-state index in [-0.39, 0.29) is 11.0 Å². The van der Waals surface area contributed by atoms with Crippen molar-refractivity contribution in [3.05, 3.63) is 74.5 Å². The zero-order valence-corrected chi connectivity index (χ0v) is 18.0. The number of carbonyl (C=O) groups is 1. The van der Waals surface area contributed by atoms with Gasteiger partial charge in [0.25, 0.3) is 5.56 Å². The highest BCUT2D eigenvalue weighted by molar-refractivity contribution is 7.15. The second kappa shape index (κ2) is 7.50. The Morgan fingerprint density at radius 2 is 1.87 bits per heavy atom. The van der Waals surface area contributed by atoms with Crippen molar-refractivity contribution in [2.75, 3.05) is 0 Å². The number of rotatable bonds is 3. The smallest absolute Gasteiger partial charge is 0.308 e. The van der Waals surface area contributed by atoms with Gasteiger partial charge >= 0.3 is 5.97 Å². The molecule has 0 saturated carbocycles. The van der Waals surface area contributed by atoms with Crippen LogP contribution in [-0.2, 0) is 10.2 Å². The van der Waals surface area contributed by atoms with Crippen LogP contribution in [0.25, 0.3) is 22.4 Å². The summed E-state index contributed by atoms with van der Waals surface area (Å²) in [5.41, 5.74) is 2.70. The average Bonchev–Trinajstić information content (AvgIpc) is 3.21. The SMILES string of the molecule is CC(=O)Oc1cccc(C=c2sc3nc(-c4ccc(C(C)(C)C)cc4)nn3c2=O)c1. The minimum Gasteiger partial charge on any atom is -0.427 e. The minimum absolute atomic E-state index is 0.0696. The van der Waals surface area contributed by atoms with Crippen LogP contribution in [0.1, 0.15) is 38.8 Å². The highest BCUT2D eigenvalue weighted by Gasteiger charge is 2.15. The van der Waals surface area contributed by atoms with E-state index >= 15 is 0 Å². The summed E-state index contributed by atoms with van der Waals surface area (Å²) in [6, 6.07) is 15.1. The molecule has 0 amide bonds. The van der Waals surface area contributed by atoms with E-state index in [0.717, 1.165) is 11.1 Å². The summed E-state index contributed by atoms with van der Waals surface area (Å²) in [5, 5.41) is 4.41. The van der Waals surface area contributed by atoms with Gasteiger partial charge in [-0.15, -0.1) is 5.10 Å². The number of thiazole rings is 1. The lowest BCUT2D eigenvalue weighted by atomic mass is 9.87. The molecule has 0 N–H and O–H groups in total. The highest BCUT2D eigenvalue weighted by atomic mass is 32.1. The third-order valence-corrected chi connectivity index (χ3v) is 5.57. The Labute approximate surface area is 177 Å². The fourth-order valence-electron chi connectivity index (χ4n) is 3.06. The van der Waals surface area contributed by atoms with Gasteiger partial charge in [0.15, 0.2) is 5.82 Å². The van der Waals surface area contributed by atoms with E-state index in [9.17, 15) is 9.59 Å². The quantitative estimate of drug-likeness (QED) is 0.375. The summed E-state index contributed by atoms with van der Waals surface area (Å²) in [6.07, 6.45) is 1.74. The zero-order valence-electron chi connectivity index (χ0n) is 17.2. The Morgan fingerprint density at radius 3 is 2.50 bits per heavy atom. The average molecular weight is 420 g/mol. The molecule has 7 heteroatoms. The Bertz CT molecular complexity index is 1350. The monoisotopic (exact) mass is 419 g/mol. The molecular weight excluding hydrogens is 398 g/mol. The summed E-state index contributed by atoms with van der Waals surface area (Å²) in [5.74, 6) is 0.574. The summed E-state index contributed by atoms with van der Waals surface area (Å²) in [7, 11) is 0. The predicted octanol–water partition coefficient (Wildman–Crippen LogP) is 3.59. The third-order valence-electron chi connectivity index (χ3n) is 4.61. The van der Waals surface area contributed by atoms with Crippen molar-refractivity contribution >= 4 is 28.3 Å². The van der Waals surface area contributed by atoms with E-state index in [4.69, 9.17) is 4.74 Å². The Kier molecular flexibility index (Phi) is 4.99. The van der Waals surface area contributed by atoms with E-state index in [1.807, 2.05) is 18.2 Å². The molecule has 6 nitrogen and oxygen atoms in total. The van der Waals surface area contributed by atoms with Crippen LogP contribution in [0.15, 0.2) is 53.3 Å². The highest BCUT2D eigenvalue weighted by Crippen LogP contribution is 2.25. The van der Waals surface area contributed by atoms with E-state index in [2.05, 4.69) is 43.0 Å². The van der Waals surface area contributed by atoms with Crippen molar-refractivity contribution < 1.29 is 9.53 Å². The molecule has 152 valence electrons. The van der Waals surface area contributed by atoms with Gasteiger partial charge in [-0.05, 0) is 34.8 Å². The van der Waals surface area contributed by atoms with Gasteiger partial charge in [-0.25, -0.2) is 0 Å². The Hall–Kier alpha value is -3.32. The van der Waals surface area contributed by atoms with Crippen LogP contribution in [0.4, 0.5) is 0 Å². The molecule has 4 aromatic rings. The lowest BCUT2D eigenvalue weighted by molar-refractivity contribution is -0.131. The molecule has 0 aliphatic rings. The molecule has 0 aliphatic heterocycles. The summed E-state index contributed by atoms with van der Waals surface area (Å²) >= 11 is 1.27. The molecule has 0 atom stereocenters. The van der Waals surface area contributed by atoms with Crippen LogP contribution >= 0.6 is 11.3 Å². The van der Waals surface area contributed by atoms with Crippen molar-refractivity contribution in [2.24, 2.45) is 0 Å². The van der Waals surface area contributed by atoms with Gasteiger partial charge in [-0.3, -0.25) is 9.59 Å². The molecule has 2 heterocycles. The number of nitrogens with zero attached hydrogens (tertiary/aromatic N) is 3. The molecule has 0 spiro atoms. The maximum absolute atomic E-state index is 12.8.